The second-order valence-corrected chi connectivity index (χ2v) is 8.20. The van der Waals surface area contributed by atoms with Crippen LogP contribution in [0.15, 0.2) is 27.6 Å². The minimum absolute atomic E-state index is 0.104. The molecule has 4 nitrogen and oxygen atoms in total. The van der Waals surface area contributed by atoms with Gasteiger partial charge in [0.1, 0.15) is 0 Å². The lowest BCUT2D eigenvalue weighted by atomic mass is 10.1. The van der Waals surface area contributed by atoms with Crippen molar-refractivity contribution in [1.82, 2.24) is 4.31 Å². The van der Waals surface area contributed by atoms with E-state index in [0.717, 1.165) is 25.7 Å². The molecule has 0 spiro atoms. The number of nitrogens with zero attached hydrogens (tertiary/aromatic N) is 1. The molecule has 0 unspecified atom stereocenters. The first-order valence-corrected chi connectivity index (χ1v) is 9.19. The highest BCUT2D eigenvalue weighted by atomic mass is 79.9. The van der Waals surface area contributed by atoms with Crippen LogP contribution in [-0.2, 0) is 10.0 Å². The Morgan fingerprint density at radius 2 is 1.80 bits per heavy atom. The summed E-state index contributed by atoms with van der Waals surface area (Å²) < 4.78 is 27.6. The van der Waals surface area contributed by atoms with Crippen molar-refractivity contribution in [2.24, 2.45) is 0 Å². The molecule has 1 aliphatic carbocycles. The van der Waals surface area contributed by atoms with Crippen molar-refractivity contribution >= 4 is 31.6 Å². The molecule has 0 atom stereocenters. The summed E-state index contributed by atoms with van der Waals surface area (Å²) in [6.07, 6.45) is 6.51. The van der Waals surface area contributed by atoms with Gasteiger partial charge < -0.3 is 5.73 Å². The maximum Gasteiger partial charge on any atom is 0.243 e. The van der Waals surface area contributed by atoms with Gasteiger partial charge in [0.05, 0.1) is 4.90 Å². The highest BCUT2D eigenvalue weighted by Crippen LogP contribution is 2.28. The van der Waals surface area contributed by atoms with Gasteiger partial charge in [-0.25, -0.2) is 8.42 Å². The summed E-state index contributed by atoms with van der Waals surface area (Å²) in [5.74, 6) is 0. The molecule has 0 radical (unpaired) electrons. The van der Waals surface area contributed by atoms with Crippen molar-refractivity contribution in [2.45, 2.75) is 49.5 Å². The number of hydrogen-bond acceptors (Lipinski definition) is 3. The summed E-state index contributed by atoms with van der Waals surface area (Å²) in [6, 6.07) is 4.91. The topological polar surface area (TPSA) is 63.4 Å². The lowest BCUT2D eigenvalue weighted by molar-refractivity contribution is 0.336. The Bertz CT molecular complexity index is 567. The summed E-state index contributed by atoms with van der Waals surface area (Å²) in [6.45, 7) is 0. The van der Waals surface area contributed by atoms with Gasteiger partial charge in [0.15, 0.2) is 0 Å². The van der Waals surface area contributed by atoms with Crippen LogP contribution in [0.25, 0.3) is 0 Å². The normalized spacial score (nSPS) is 18.1. The zero-order valence-corrected chi connectivity index (χ0v) is 14.1. The van der Waals surface area contributed by atoms with E-state index in [1.165, 1.54) is 23.2 Å². The van der Waals surface area contributed by atoms with Crippen molar-refractivity contribution in [3.05, 3.63) is 22.7 Å². The molecule has 1 aliphatic rings. The summed E-state index contributed by atoms with van der Waals surface area (Å²) >= 11 is 3.29. The van der Waals surface area contributed by atoms with E-state index in [4.69, 9.17) is 5.73 Å². The van der Waals surface area contributed by atoms with Crippen LogP contribution in [0.5, 0.6) is 0 Å². The number of hydrogen-bond donors (Lipinski definition) is 1. The molecule has 1 aromatic rings. The van der Waals surface area contributed by atoms with E-state index < -0.39 is 10.0 Å². The predicted octanol–water partition coefficient (Wildman–Crippen LogP) is 3.37. The van der Waals surface area contributed by atoms with Crippen LogP contribution in [-0.4, -0.2) is 25.8 Å². The van der Waals surface area contributed by atoms with Crippen molar-refractivity contribution in [2.75, 3.05) is 12.8 Å². The number of nitrogens with two attached hydrogens (primary N) is 1. The number of anilines is 1. The van der Waals surface area contributed by atoms with Crippen molar-refractivity contribution < 1.29 is 8.42 Å². The lowest BCUT2D eigenvalue weighted by Gasteiger charge is -2.26. The SMILES string of the molecule is CN(C1CCCCCC1)S(=O)(=O)c1ccc(Br)c(N)c1. The second-order valence-electron chi connectivity index (χ2n) is 5.35. The Labute approximate surface area is 129 Å². The molecule has 0 heterocycles. The van der Waals surface area contributed by atoms with Crippen LogP contribution in [0, 0.1) is 0 Å². The van der Waals surface area contributed by atoms with E-state index in [-0.39, 0.29) is 10.9 Å². The number of nitrogen functional groups attached to an aromatic ring is 1. The second kappa shape index (κ2) is 6.45. The number of benzene rings is 1. The Kier molecular flexibility index (Phi) is 5.09. The largest absolute Gasteiger partial charge is 0.398 e. The standard InChI is InChI=1S/C14H21BrN2O2S/c1-17(11-6-4-2-3-5-7-11)20(18,19)12-8-9-13(15)14(16)10-12/h8-11H,2-7,16H2,1H3. The molecule has 0 saturated heterocycles. The smallest absolute Gasteiger partial charge is 0.243 e. The molecule has 0 bridgehead atoms. The third kappa shape index (κ3) is 3.35. The van der Waals surface area contributed by atoms with Crippen molar-refractivity contribution in [3.63, 3.8) is 0 Å². The minimum Gasteiger partial charge on any atom is -0.398 e. The lowest BCUT2D eigenvalue weighted by Crippen LogP contribution is -2.36. The Morgan fingerprint density at radius 1 is 1.20 bits per heavy atom. The Morgan fingerprint density at radius 3 is 2.35 bits per heavy atom. The number of halogens is 1. The van der Waals surface area contributed by atoms with Gasteiger partial charge in [-0.1, -0.05) is 25.7 Å². The fourth-order valence-electron chi connectivity index (χ4n) is 2.67. The molecule has 112 valence electrons. The van der Waals surface area contributed by atoms with Crippen LogP contribution in [0.4, 0.5) is 5.69 Å². The fourth-order valence-corrected chi connectivity index (χ4v) is 4.36. The van der Waals surface area contributed by atoms with Crippen LogP contribution >= 0.6 is 15.9 Å². The highest BCUT2D eigenvalue weighted by Gasteiger charge is 2.28. The zero-order chi connectivity index (χ0) is 14.8. The van der Waals surface area contributed by atoms with Crippen LogP contribution in [0.3, 0.4) is 0 Å². The summed E-state index contributed by atoms with van der Waals surface area (Å²) in [5.41, 5.74) is 6.24. The van der Waals surface area contributed by atoms with Gasteiger partial charge in [0, 0.05) is 23.2 Å². The number of rotatable bonds is 3. The molecule has 20 heavy (non-hydrogen) atoms. The van der Waals surface area contributed by atoms with Gasteiger partial charge in [-0.05, 0) is 47.0 Å². The van der Waals surface area contributed by atoms with Gasteiger partial charge in [-0.15, -0.1) is 0 Å². The maximum absolute atomic E-state index is 12.7. The van der Waals surface area contributed by atoms with E-state index in [2.05, 4.69) is 15.9 Å². The molecule has 2 rings (SSSR count). The molecule has 2 N–H and O–H groups in total. The van der Waals surface area contributed by atoms with Crippen molar-refractivity contribution in [1.29, 1.82) is 0 Å². The molecule has 0 aromatic heterocycles. The van der Waals surface area contributed by atoms with E-state index in [1.54, 1.807) is 19.2 Å². The third-order valence-electron chi connectivity index (χ3n) is 3.98. The van der Waals surface area contributed by atoms with Crippen LogP contribution in [0.1, 0.15) is 38.5 Å². The average Bonchev–Trinajstić information content (AvgIpc) is 2.69. The third-order valence-corrected chi connectivity index (χ3v) is 6.61. The van der Waals surface area contributed by atoms with E-state index >= 15 is 0 Å². The Hall–Kier alpha value is -0.590. The zero-order valence-electron chi connectivity index (χ0n) is 11.7. The van der Waals surface area contributed by atoms with Crippen LogP contribution in [0.2, 0.25) is 0 Å². The molecule has 6 heteroatoms. The maximum atomic E-state index is 12.7. The first-order valence-electron chi connectivity index (χ1n) is 6.96. The molecule has 1 aromatic carbocycles. The highest BCUT2D eigenvalue weighted by molar-refractivity contribution is 9.10. The predicted molar refractivity (Wildman–Crippen MR) is 85.0 cm³/mol. The van der Waals surface area contributed by atoms with Gasteiger partial charge in [0.25, 0.3) is 0 Å². The first-order chi connectivity index (χ1) is 9.43. The monoisotopic (exact) mass is 360 g/mol. The van der Waals surface area contributed by atoms with Gasteiger partial charge in [-0.2, -0.15) is 4.31 Å². The van der Waals surface area contributed by atoms with Gasteiger partial charge >= 0.3 is 0 Å². The van der Waals surface area contributed by atoms with Crippen molar-refractivity contribution in [3.8, 4) is 0 Å². The minimum atomic E-state index is -3.46. The quantitative estimate of drug-likeness (QED) is 0.663. The average molecular weight is 361 g/mol. The molecule has 1 fully saturated rings. The summed E-state index contributed by atoms with van der Waals surface area (Å²) in [5, 5.41) is 0. The summed E-state index contributed by atoms with van der Waals surface area (Å²) in [7, 11) is -1.78. The Balaban J connectivity index is 2.26. The molecule has 0 amide bonds. The summed E-state index contributed by atoms with van der Waals surface area (Å²) in [4.78, 5) is 0.268. The van der Waals surface area contributed by atoms with Gasteiger partial charge in [0.2, 0.25) is 10.0 Å². The van der Waals surface area contributed by atoms with E-state index in [1.807, 2.05) is 0 Å². The van der Waals surface area contributed by atoms with Gasteiger partial charge in [-0.3, -0.25) is 0 Å². The molecular formula is C14H21BrN2O2S. The number of sulfonamides is 1. The fraction of sp³-hybridized carbons (Fsp3) is 0.571. The van der Waals surface area contributed by atoms with E-state index in [9.17, 15) is 8.42 Å². The molecular weight excluding hydrogens is 340 g/mol. The van der Waals surface area contributed by atoms with Crippen LogP contribution < -0.4 is 5.73 Å². The molecule has 1 saturated carbocycles. The molecule has 0 aliphatic heterocycles. The first kappa shape index (κ1) is 15.8. The van der Waals surface area contributed by atoms with E-state index in [0.29, 0.717) is 10.2 Å².